The van der Waals surface area contributed by atoms with Gasteiger partial charge in [-0.3, -0.25) is 4.99 Å². The van der Waals surface area contributed by atoms with E-state index >= 15 is 0 Å². The summed E-state index contributed by atoms with van der Waals surface area (Å²) in [4.78, 5) is 6.94. The van der Waals surface area contributed by atoms with Crippen molar-refractivity contribution in [3.05, 3.63) is 47.3 Å². The van der Waals surface area contributed by atoms with E-state index in [1.54, 1.807) is 0 Å². The van der Waals surface area contributed by atoms with Gasteiger partial charge < -0.3 is 15.5 Å². The molecule has 2 heterocycles. The molecule has 2 N–H and O–H groups in total. The third-order valence-corrected chi connectivity index (χ3v) is 5.29. The number of rotatable bonds is 8. The third-order valence-electron chi connectivity index (χ3n) is 5.29. The Kier molecular flexibility index (Phi) is 9.93. The lowest BCUT2D eigenvalue weighted by molar-refractivity contribution is 0.330. The molecule has 1 aromatic carbocycles. The molecule has 0 aliphatic carbocycles. The number of unbranched alkanes of at least 4 members (excludes halogenated alkanes) is 1. The van der Waals surface area contributed by atoms with E-state index < -0.39 is 0 Å². The minimum absolute atomic E-state index is 0. The summed E-state index contributed by atoms with van der Waals surface area (Å²) in [6.45, 7) is 9.57. The molecule has 7 heteroatoms. The Balaban J connectivity index is 0.00000300. The van der Waals surface area contributed by atoms with Crippen molar-refractivity contribution in [3.8, 4) is 5.69 Å². The Hall–Kier alpha value is -1.61. The van der Waals surface area contributed by atoms with Gasteiger partial charge in [-0.15, -0.1) is 24.0 Å². The van der Waals surface area contributed by atoms with Gasteiger partial charge in [-0.05, 0) is 76.9 Å². The van der Waals surface area contributed by atoms with Crippen LogP contribution in [0.4, 0.5) is 0 Å². The van der Waals surface area contributed by atoms with Gasteiger partial charge in [-0.25, -0.2) is 4.68 Å². The predicted octanol–water partition coefficient (Wildman–Crippen LogP) is 3.65. The molecule has 1 saturated heterocycles. The largest absolute Gasteiger partial charge is 0.356 e. The van der Waals surface area contributed by atoms with E-state index in [-0.39, 0.29) is 24.0 Å². The summed E-state index contributed by atoms with van der Waals surface area (Å²) in [5.74, 6) is 0.851. The fourth-order valence-corrected chi connectivity index (χ4v) is 3.81. The van der Waals surface area contributed by atoms with Crippen molar-refractivity contribution < 1.29 is 0 Å². The van der Waals surface area contributed by atoms with Crippen LogP contribution in [-0.2, 0) is 6.54 Å². The van der Waals surface area contributed by atoms with Gasteiger partial charge in [0.2, 0.25) is 0 Å². The molecule has 1 aromatic heterocycles. The van der Waals surface area contributed by atoms with Crippen molar-refractivity contribution in [1.29, 1.82) is 0 Å². The maximum absolute atomic E-state index is 4.63. The Morgan fingerprint density at radius 3 is 2.55 bits per heavy atom. The molecule has 0 radical (unpaired) electrons. The van der Waals surface area contributed by atoms with Crippen LogP contribution >= 0.6 is 24.0 Å². The van der Waals surface area contributed by atoms with Gasteiger partial charge in [0.25, 0.3) is 0 Å². The molecule has 0 amide bonds. The molecule has 1 aliphatic rings. The number of nitrogens with one attached hydrogen (secondary N) is 2. The summed E-state index contributed by atoms with van der Waals surface area (Å²) < 4.78 is 2.01. The topological polar surface area (TPSA) is 57.5 Å². The standard InChI is InChI=1S/C22H34N6.HI/c1-18-16-19(2)28(26-18)21-11-5-4-10-20(21)17-25-22(23-3)24-12-6-7-13-27-14-8-9-15-27;/h4-5,10-11,16H,6-9,12-15,17H2,1-3H3,(H2,23,24,25);1H. The average molecular weight is 510 g/mol. The number of nitrogens with zero attached hydrogens (tertiary/aromatic N) is 4. The lowest BCUT2D eigenvalue weighted by Gasteiger charge is -2.16. The number of aliphatic imine (C=N–C) groups is 1. The monoisotopic (exact) mass is 510 g/mol. The molecular weight excluding hydrogens is 475 g/mol. The molecule has 2 aromatic rings. The molecule has 29 heavy (non-hydrogen) atoms. The molecule has 0 spiro atoms. The van der Waals surface area contributed by atoms with Crippen LogP contribution < -0.4 is 10.6 Å². The highest BCUT2D eigenvalue weighted by Gasteiger charge is 2.11. The Morgan fingerprint density at radius 1 is 1.10 bits per heavy atom. The maximum Gasteiger partial charge on any atom is 0.191 e. The molecule has 0 unspecified atom stereocenters. The summed E-state index contributed by atoms with van der Waals surface area (Å²) in [6.07, 6.45) is 5.14. The van der Waals surface area contributed by atoms with Crippen molar-refractivity contribution in [2.24, 2.45) is 4.99 Å². The first-order chi connectivity index (χ1) is 13.7. The maximum atomic E-state index is 4.63. The van der Waals surface area contributed by atoms with Gasteiger partial charge >= 0.3 is 0 Å². The fourth-order valence-electron chi connectivity index (χ4n) is 3.81. The second-order valence-corrected chi connectivity index (χ2v) is 7.58. The predicted molar refractivity (Wildman–Crippen MR) is 132 cm³/mol. The van der Waals surface area contributed by atoms with Crippen LogP contribution in [0.15, 0.2) is 35.3 Å². The minimum Gasteiger partial charge on any atom is -0.356 e. The second-order valence-electron chi connectivity index (χ2n) is 7.58. The zero-order valence-corrected chi connectivity index (χ0v) is 20.3. The number of hydrogen-bond donors (Lipinski definition) is 2. The van der Waals surface area contributed by atoms with Crippen LogP contribution in [0, 0.1) is 13.8 Å². The fraction of sp³-hybridized carbons (Fsp3) is 0.545. The van der Waals surface area contributed by atoms with Crippen molar-refractivity contribution in [2.75, 3.05) is 33.2 Å². The zero-order valence-electron chi connectivity index (χ0n) is 17.9. The highest BCUT2D eigenvalue weighted by molar-refractivity contribution is 14.0. The highest BCUT2D eigenvalue weighted by Crippen LogP contribution is 2.16. The Labute approximate surface area is 192 Å². The van der Waals surface area contributed by atoms with Crippen molar-refractivity contribution in [3.63, 3.8) is 0 Å². The first kappa shape index (κ1) is 23.7. The number of guanidine groups is 1. The highest BCUT2D eigenvalue weighted by atomic mass is 127. The molecule has 0 saturated carbocycles. The van der Waals surface area contributed by atoms with Gasteiger partial charge in [0.1, 0.15) is 0 Å². The number of hydrogen-bond acceptors (Lipinski definition) is 3. The van der Waals surface area contributed by atoms with Crippen LogP contribution in [-0.4, -0.2) is 53.9 Å². The lowest BCUT2D eigenvalue weighted by Crippen LogP contribution is -2.37. The summed E-state index contributed by atoms with van der Waals surface area (Å²) >= 11 is 0. The molecule has 6 nitrogen and oxygen atoms in total. The average Bonchev–Trinajstić information content (AvgIpc) is 3.33. The van der Waals surface area contributed by atoms with Gasteiger partial charge in [0, 0.05) is 25.8 Å². The van der Waals surface area contributed by atoms with Crippen LogP contribution in [0.3, 0.4) is 0 Å². The molecule has 0 bridgehead atoms. The van der Waals surface area contributed by atoms with Crippen molar-refractivity contribution >= 4 is 29.9 Å². The van der Waals surface area contributed by atoms with E-state index in [2.05, 4.69) is 62.9 Å². The lowest BCUT2D eigenvalue weighted by atomic mass is 10.1. The normalized spacial score (nSPS) is 14.7. The zero-order chi connectivity index (χ0) is 19.8. The Bertz CT molecular complexity index is 779. The summed E-state index contributed by atoms with van der Waals surface area (Å²) in [7, 11) is 1.83. The first-order valence-corrected chi connectivity index (χ1v) is 10.5. The van der Waals surface area contributed by atoms with Crippen LogP contribution in [0.2, 0.25) is 0 Å². The van der Waals surface area contributed by atoms with Gasteiger partial charge in [-0.1, -0.05) is 18.2 Å². The number of aryl methyl sites for hydroxylation is 2. The smallest absolute Gasteiger partial charge is 0.191 e. The third kappa shape index (κ3) is 6.99. The first-order valence-electron chi connectivity index (χ1n) is 10.5. The second kappa shape index (κ2) is 12.2. The van der Waals surface area contributed by atoms with E-state index in [0.29, 0.717) is 6.54 Å². The van der Waals surface area contributed by atoms with Gasteiger partial charge in [-0.2, -0.15) is 5.10 Å². The number of para-hydroxylation sites is 1. The number of halogens is 1. The summed E-state index contributed by atoms with van der Waals surface area (Å²) in [6, 6.07) is 10.5. The van der Waals surface area contributed by atoms with E-state index in [4.69, 9.17) is 0 Å². The van der Waals surface area contributed by atoms with Crippen LogP contribution in [0.5, 0.6) is 0 Å². The Morgan fingerprint density at radius 2 is 1.86 bits per heavy atom. The molecule has 3 rings (SSSR count). The molecule has 1 fully saturated rings. The molecule has 160 valence electrons. The minimum atomic E-state index is 0. The van der Waals surface area contributed by atoms with Crippen molar-refractivity contribution in [2.45, 2.75) is 46.1 Å². The summed E-state index contributed by atoms with van der Waals surface area (Å²) in [5.41, 5.74) is 4.49. The van der Waals surface area contributed by atoms with Crippen LogP contribution in [0.25, 0.3) is 5.69 Å². The molecule has 1 aliphatic heterocycles. The molecular formula is C22H35IN6. The van der Waals surface area contributed by atoms with Gasteiger partial charge in [0.05, 0.1) is 11.4 Å². The van der Waals surface area contributed by atoms with E-state index in [0.717, 1.165) is 29.6 Å². The molecule has 0 atom stereocenters. The van der Waals surface area contributed by atoms with E-state index in [1.807, 2.05) is 18.7 Å². The number of benzene rings is 1. The number of likely N-dealkylation sites (tertiary alicyclic amines) is 1. The van der Waals surface area contributed by atoms with Crippen molar-refractivity contribution in [1.82, 2.24) is 25.3 Å². The summed E-state index contributed by atoms with van der Waals surface area (Å²) in [5, 5.41) is 11.5. The van der Waals surface area contributed by atoms with E-state index in [9.17, 15) is 0 Å². The number of aromatic nitrogens is 2. The quantitative estimate of drug-likeness (QED) is 0.247. The van der Waals surface area contributed by atoms with E-state index in [1.165, 1.54) is 50.9 Å². The van der Waals surface area contributed by atoms with Gasteiger partial charge in [0.15, 0.2) is 5.96 Å². The SMILES string of the molecule is CN=C(NCCCCN1CCCC1)NCc1ccccc1-n1nc(C)cc1C.I. The van der Waals surface area contributed by atoms with Crippen LogP contribution in [0.1, 0.15) is 42.6 Å².